The summed E-state index contributed by atoms with van der Waals surface area (Å²) < 4.78 is 11.1. The first-order valence-corrected chi connectivity index (χ1v) is 19.0. The van der Waals surface area contributed by atoms with Crippen molar-refractivity contribution in [2.24, 2.45) is 16.3 Å². The minimum Gasteiger partial charge on any atom is -0.444 e. The molecule has 3 saturated heterocycles. The number of ether oxygens (including phenoxy) is 2. The number of anilines is 3. The molecule has 2 aromatic heterocycles. The second-order valence-electron chi connectivity index (χ2n) is 16.1. The zero-order chi connectivity index (χ0) is 37.4. The van der Waals surface area contributed by atoms with Gasteiger partial charge in [-0.1, -0.05) is 12.1 Å². The van der Waals surface area contributed by atoms with E-state index in [0.29, 0.717) is 66.2 Å². The van der Waals surface area contributed by atoms with Crippen molar-refractivity contribution >= 4 is 46.0 Å². The number of rotatable bonds is 7. The Morgan fingerprint density at radius 2 is 1.87 bits per heavy atom. The third-order valence-corrected chi connectivity index (χ3v) is 11.4. The number of hydrogen-bond donors (Lipinski definition) is 2. The third-order valence-electron chi connectivity index (χ3n) is 10.3. The minimum absolute atomic E-state index is 0.0716. The summed E-state index contributed by atoms with van der Waals surface area (Å²) in [5, 5.41) is 14.4. The molecule has 16 heteroatoms. The molecule has 5 heterocycles. The third kappa shape index (κ3) is 7.91. The van der Waals surface area contributed by atoms with Crippen LogP contribution in [0.1, 0.15) is 82.5 Å². The van der Waals surface area contributed by atoms with E-state index in [1.165, 1.54) is 11.3 Å². The lowest BCUT2D eigenvalue weighted by atomic mass is 9.72. The summed E-state index contributed by atoms with van der Waals surface area (Å²) in [5.74, 6) is 0.468. The van der Waals surface area contributed by atoms with Crippen LogP contribution < -0.4 is 21.3 Å². The topological polar surface area (TPSA) is 189 Å². The van der Waals surface area contributed by atoms with Gasteiger partial charge in [-0.15, -0.1) is 11.3 Å². The second kappa shape index (κ2) is 14.7. The molecule has 4 N–H and O–H groups in total. The zero-order valence-corrected chi connectivity index (χ0v) is 32.1. The van der Waals surface area contributed by atoms with Gasteiger partial charge < -0.3 is 45.4 Å². The van der Waals surface area contributed by atoms with E-state index in [1.807, 2.05) is 20.8 Å². The van der Waals surface area contributed by atoms with Crippen molar-refractivity contribution in [3.63, 3.8) is 0 Å². The van der Waals surface area contributed by atoms with E-state index in [4.69, 9.17) is 35.7 Å². The molecule has 0 bridgehead atoms. The van der Waals surface area contributed by atoms with Gasteiger partial charge in [0.15, 0.2) is 5.84 Å². The number of carbonyl (C=O) groups excluding carboxylic acids is 2. The van der Waals surface area contributed by atoms with E-state index >= 15 is 0 Å². The molecule has 282 valence electrons. The number of fused-ring (bicyclic) bond motifs is 1. The SMILES string of the molecule is C[C@H]1CN(CC2(C)COC2)CCCN1c1nc(/C(N)=N/OC(=O)[C@@]2(C)CCCc3sc(N)c(C#N)c32)cc(N2CCN(C(=O)OC(C)(C)C)CC2)n1. The molecule has 4 aliphatic rings. The van der Waals surface area contributed by atoms with Gasteiger partial charge in [-0.25, -0.2) is 14.6 Å². The molecule has 0 aromatic carbocycles. The first kappa shape index (κ1) is 37.6. The smallest absolute Gasteiger partial charge is 0.410 e. The van der Waals surface area contributed by atoms with E-state index < -0.39 is 17.0 Å². The van der Waals surface area contributed by atoms with Crippen LogP contribution in [0.5, 0.6) is 0 Å². The van der Waals surface area contributed by atoms with Gasteiger partial charge in [-0.3, -0.25) is 0 Å². The molecular formula is C36H52N10O5S. The summed E-state index contributed by atoms with van der Waals surface area (Å²) in [6, 6.07) is 4.03. The summed E-state index contributed by atoms with van der Waals surface area (Å²) in [5.41, 5.74) is 12.5. The Labute approximate surface area is 309 Å². The Kier molecular flexibility index (Phi) is 10.6. The summed E-state index contributed by atoms with van der Waals surface area (Å²) in [6.07, 6.45) is 2.58. The van der Waals surface area contributed by atoms with Gasteiger partial charge >= 0.3 is 12.1 Å². The quantitative estimate of drug-likeness (QED) is 0.182. The van der Waals surface area contributed by atoms with Crippen LogP contribution in [0.4, 0.5) is 21.6 Å². The fourth-order valence-electron chi connectivity index (χ4n) is 7.60. The fraction of sp³-hybridized carbons (Fsp3) is 0.667. The number of amidine groups is 1. The van der Waals surface area contributed by atoms with Crippen molar-refractivity contribution in [1.29, 1.82) is 5.26 Å². The van der Waals surface area contributed by atoms with Gasteiger partial charge in [0.05, 0.1) is 24.2 Å². The van der Waals surface area contributed by atoms with Crippen LogP contribution in [0.3, 0.4) is 0 Å². The maximum absolute atomic E-state index is 13.7. The summed E-state index contributed by atoms with van der Waals surface area (Å²) in [4.78, 5) is 51.4. The summed E-state index contributed by atoms with van der Waals surface area (Å²) in [6.45, 7) is 18.8. The first-order valence-electron chi connectivity index (χ1n) is 18.1. The number of nitrogens with two attached hydrogens (primary N) is 2. The van der Waals surface area contributed by atoms with Gasteiger partial charge in [0.25, 0.3) is 0 Å². The standard InChI is InChI=1S/C36H52N10O5S/c1-23-19-43(20-35(5)21-49-22-35)11-8-12-46(23)32-40-25(17-27(41-32)44-13-15-45(16-14-44)33(48)50-34(2,3)4)29(38)42-51-31(47)36(6)10-7-9-26-28(36)24(18-37)30(39)52-26/h17,23H,7-16,19-22,39H2,1-6H3,(H2,38,42)/t23-,36-/m0/s1. The fourth-order valence-corrected chi connectivity index (χ4v) is 8.79. The zero-order valence-electron chi connectivity index (χ0n) is 31.2. The number of carbonyl (C=O) groups is 2. The predicted molar refractivity (Wildman–Crippen MR) is 199 cm³/mol. The molecule has 0 saturated carbocycles. The molecule has 3 aliphatic heterocycles. The van der Waals surface area contributed by atoms with Crippen molar-refractivity contribution in [2.45, 2.75) is 84.3 Å². The number of piperazine rings is 1. The molecular weight excluding hydrogens is 685 g/mol. The monoisotopic (exact) mass is 736 g/mol. The highest BCUT2D eigenvalue weighted by molar-refractivity contribution is 7.16. The Balaban J connectivity index is 1.26. The van der Waals surface area contributed by atoms with Crippen LogP contribution >= 0.6 is 11.3 Å². The minimum atomic E-state index is -1.09. The molecule has 0 unspecified atom stereocenters. The highest BCUT2D eigenvalue weighted by Gasteiger charge is 2.45. The predicted octanol–water partition coefficient (Wildman–Crippen LogP) is 3.44. The Morgan fingerprint density at radius 3 is 2.52 bits per heavy atom. The molecule has 2 aromatic rings. The van der Waals surface area contributed by atoms with Gasteiger partial charge in [-0.2, -0.15) is 10.2 Å². The number of thiophene rings is 1. The average molecular weight is 737 g/mol. The van der Waals surface area contributed by atoms with Crippen molar-refractivity contribution in [3.8, 4) is 6.07 Å². The van der Waals surface area contributed by atoms with Crippen molar-refractivity contribution in [3.05, 3.63) is 27.8 Å². The molecule has 6 rings (SSSR count). The van der Waals surface area contributed by atoms with Crippen LogP contribution in [-0.2, 0) is 30.9 Å². The van der Waals surface area contributed by atoms with Crippen LogP contribution in [0, 0.1) is 16.7 Å². The van der Waals surface area contributed by atoms with E-state index in [-0.39, 0.29) is 23.4 Å². The molecule has 15 nitrogen and oxygen atoms in total. The number of amides is 1. The van der Waals surface area contributed by atoms with Crippen molar-refractivity contribution in [1.82, 2.24) is 19.8 Å². The first-order chi connectivity index (χ1) is 24.6. The normalized spacial score (nSPS) is 24.0. The second-order valence-corrected chi connectivity index (χ2v) is 17.2. The van der Waals surface area contributed by atoms with Gasteiger partial charge in [0, 0.05) is 73.8 Å². The molecule has 52 heavy (non-hydrogen) atoms. The molecule has 3 fully saturated rings. The number of nitrogen functional groups attached to an aromatic ring is 1. The van der Waals surface area contributed by atoms with Crippen molar-refractivity contribution < 1.29 is 23.9 Å². The molecule has 2 atom stereocenters. The highest BCUT2D eigenvalue weighted by Crippen LogP contribution is 2.46. The maximum atomic E-state index is 13.7. The number of nitriles is 1. The van der Waals surface area contributed by atoms with E-state index in [9.17, 15) is 14.9 Å². The van der Waals surface area contributed by atoms with Crippen LogP contribution in [0.25, 0.3) is 0 Å². The van der Waals surface area contributed by atoms with Crippen LogP contribution in [0.2, 0.25) is 0 Å². The Bertz CT molecular complexity index is 1740. The van der Waals surface area contributed by atoms with Gasteiger partial charge in [0.2, 0.25) is 5.95 Å². The number of aromatic nitrogens is 2. The summed E-state index contributed by atoms with van der Waals surface area (Å²) >= 11 is 1.35. The number of hydrogen-bond acceptors (Lipinski definition) is 14. The molecule has 1 aliphatic carbocycles. The highest BCUT2D eigenvalue weighted by atomic mass is 32.1. The Morgan fingerprint density at radius 1 is 1.13 bits per heavy atom. The lowest BCUT2D eigenvalue weighted by Crippen LogP contribution is -2.51. The lowest BCUT2D eigenvalue weighted by molar-refractivity contribution is -0.150. The molecule has 1 amide bonds. The molecule has 0 spiro atoms. The average Bonchev–Trinajstić information content (AvgIpc) is 3.31. The lowest BCUT2D eigenvalue weighted by Gasteiger charge is -2.42. The van der Waals surface area contributed by atoms with E-state index in [1.54, 1.807) is 17.9 Å². The number of nitrogens with zero attached hydrogens (tertiary/aromatic N) is 8. The number of aryl methyl sites for hydroxylation is 1. The van der Waals surface area contributed by atoms with Crippen molar-refractivity contribution in [2.75, 3.05) is 81.1 Å². The van der Waals surface area contributed by atoms with Gasteiger partial charge in [-0.05, 0) is 66.8 Å². The maximum Gasteiger partial charge on any atom is 0.410 e. The van der Waals surface area contributed by atoms with E-state index in [0.717, 1.165) is 63.5 Å². The van der Waals surface area contributed by atoms with Crippen LogP contribution in [-0.4, -0.2) is 115 Å². The van der Waals surface area contributed by atoms with Gasteiger partial charge in [0.1, 0.15) is 28.2 Å². The number of oxime groups is 1. The summed E-state index contributed by atoms with van der Waals surface area (Å²) in [7, 11) is 0. The van der Waals surface area contributed by atoms with E-state index in [2.05, 4.69) is 39.8 Å². The largest absolute Gasteiger partial charge is 0.444 e. The Hall–Kier alpha value is -4.20. The van der Waals surface area contributed by atoms with Crippen LogP contribution in [0.15, 0.2) is 11.2 Å². The molecule has 0 radical (unpaired) electrons.